The molecule has 1 aromatic rings. The van der Waals surface area contributed by atoms with Crippen molar-refractivity contribution in [2.75, 3.05) is 6.54 Å². The van der Waals surface area contributed by atoms with E-state index in [0.29, 0.717) is 17.9 Å². The van der Waals surface area contributed by atoms with Crippen LogP contribution < -0.4 is 5.32 Å². The molecular formula is C15H15Cl2NO4. The van der Waals surface area contributed by atoms with E-state index in [1.54, 1.807) is 0 Å². The summed E-state index contributed by atoms with van der Waals surface area (Å²) >= 11 is 11.6. The molecule has 0 saturated heterocycles. The van der Waals surface area contributed by atoms with Gasteiger partial charge in [-0.25, -0.2) is 0 Å². The predicted molar refractivity (Wildman–Crippen MR) is 82.2 cm³/mol. The number of carbonyl (C=O) groups excluding carboxylic acids is 3. The highest BCUT2D eigenvalue weighted by atomic mass is 35.5. The van der Waals surface area contributed by atoms with Crippen molar-refractivity contribution in [1.82, 2.24) is 5.32 Å². The third-order valence-electron chi connectivity index (χ3n) is 3.35. The molecule has 0 spiro atoms. The molecule has 0 aromatic heterocycles. The second kappa shape index (κ2) is 7.61. The second-order valence-electron chi connectivity index (χ2n) is 5.00. The van der Waals surface area contributed by atoms with E-state index >= 15 is 0 Å². The lowest BCUT2D eigenvalue weighted by Crippen LogP contribution is -2.36. The van der Waals surface area contributed by atoms with E-state index in [-0.39, 0.29) is 22.9 Å². The van der Waals surface area contributed by atoms with Gasteiger partial charge in [0, 0.05) is 12.0 Å². The van der Waals surface area contributed by atoms with Crippen LogP contribution in [0.3, 0.4) is 0 Å². The lowest BCUT2D eigenvalue weighted by atomic mass is 9.96. The van der Waals surface area contributed by atoms with Gasteiger partial charge in [-0.2, -0.15) is 0 Å². The fourth-order valence-electron chi connectivity index (χ4n) is 2.17. The Bertz CT molecular complexity index is 603. The molecule has 0 radical (unpaired) electrons. The number of carbonyl (C=O) groups is 3. The number of Topliss-reactive ketones (excluding diaryl/α,β-unsaturated/α-hetero) is 1. The van der Waals surface area contributed by atoms with Gasteiger partial charge in [0.15, 0.2) is 11.9 Å². The number of benzene rings is 1. The molecule has 1 aromatic carbocycles. The molecule has 1 N–H and O–H groups in total. The van der Waals surface area contributed by atoms with Crippen LogP contribution in [0.2, 0.25) is 10.0 Å². The number of hydrogen-bond donors (Lipinski definition) is 1. The number of ether oxygens (including phenoxy) is 1. The fraction of sp³-hybridized carbons (Fsp3) is 0.400. The molecule has 0 unspecified atom stereocenters. The Hall–Kier alpha value is -1.59. The summed E-state index contributed by atoms with van der Waals surface area (Å²) in [6.45, 7) is -0.303. The van der Waals surface area contributed by atoms with Crippen molar-refractivity contribution in [1.29, 1.82) is 0 Å². The first-order chi connectivity index (χ1) is 10.5. The smallest absolute Gasteiger partial charge is 0.326 e. The molecule has 22 heavy (non-hydrogen) atoms. The summed E-state index contributed by atoms with van der Waals surface area (Å²) in [5.41, 5.74) is 0.288. The number of amides is 1. The molecule has 1 fully saturated rings. The normalized spacial score (nSPS) is 17.9. The Morgan fingerprint density at radius 1 is 1.23 bits per heavy atom. The first-order valence-corrected chi connectivity index (χ1v) is 7.68. The lowest BCUT2D eigenvalue weighted by molar-refractivity contribution is -0.155. The van der Waals surface area contributed by atoms with Crippen molar-refractivity contribution in [3.05, 3.63) is 33.8 Å². The van der Waals surface area contributed by atoms with Crippen LogP contribution >= 0.6 is 23.2 Å². The average molecular weight is 344 g/mol. The Morgan fingerprint density at radius 2 is 2.00 bits per heavy atom. The minimum atomic E-state index is -0.678. The topological polar surface area (TPSA) is 72.5 Å². The van der Waals surface area contributed by atoms with Crippen LogP contribution in [-0.2, 0) is 14.3 Å². The van der Waals surface area contributed by atoms with Crippen LogP contribution in [0, 0.1) is 0 Å². The van der Waals surface area contributed by atoms with Gasteiger partial charge in [0.1, 0.15) is 6.54 Å². The largest absolute Gasteiger partial charge is 0.453 e. The van der Waals surface area contributed by atoms with E-state index in [9.17, 15) is 14.4 Å². The van der Waals surface area contributed by atoms with Gasteiger partial charge in [-0.3, -0.25) is 14.4 Å². The summed E-state index contributed by atoms with van der Waals surface area (Å²) in [7, 11) is 0. The SMILES string of the molecule is O=C(CNC(=O)c1ccc(Cl)c(Cl)c1)O[C@H]1CCCCC1=O. The molecule has 0 bridgehead atoms. The molecule has 1 saturated carbocycles. The average Bonchev–Trinajstić information content (AvgIpc) is 2.50. The van der Waals surface area contributed by atoms with Gasteiger partial charge in [-0.15, -0.1) is 0 Å². The van der Waals surface area contributed by atoms with Crippen molar-refractivity contribution in [3.63, 3.8) is 0 Å². The molecule has 1 aliphatic carbocycles. The number of hydrogen-bond acceptors (Lipinski definition) is 4. The standard InChI is InChI=1S/C15H15Cl2NO4/c16-10-6-5-9(7-11(10)17)15(21)18-8-14(20)22-13-4-2-1-3-12(13)19/h5-7,13H,1-4,8H2,(H,18,21)/t13-/m0/s1. The molecule has 0 heterocycles. The second-order valence-corrected chi connectivity index (χ2v) is 5.82. The molecule has 0 aliphatic heterocycles. The summed E-state index contributed by atoms with van der Waals surface area (Å²) in [4.78, 5) is 35.1. The first kappa shape index (κ1) is 16.8. The Kier molecular flexibility index (Phi) is 5.80. The van der Waals surface area contributed by atoms with Gasteiger partial charge in [-0.1, -0.05) is 23.2 Å². The first-order valence-electron chi connectivity index (χ1n) is 6.93. The third-order valence-corrected chi connectivity index (χ3v) is 4.09. The van der Waals surface area contributed by atoms with Crippen LogP contribution in [-0.4, -0.2) is 30.3 Å². The number of ketones is 1. The molecule has 1 amide bonds. The maximum Gasteiger partial charge on any atom is 0.326 e. The summed E-state index contributed by atoms with van der Waals surface area (Å²) < 4.78 is 5.08. The van der Waals surface area contributed by atoms with E-state index in [1.807, 2.05) is 0 Å². The molecule has 1 atom stereocenters. The van der Waals surface area contributed by atoms with Crippen LogP contribution in [0.15, 0.2) is 18.2 Å². The Balaban J connectivity index is 1.83. The number of rotatable bonds is 4. The Morgan fingerprint density at radius 3 is 2.68 bits per heavy atom. The zero-order valence-electron chi connectivity index (χ0n) is 11.7. The van der Waals surface area contributed by atoms with Gasteiger partial charge >= 0.3 is 5.97 Å². The van der Waals surface area contributed by atoms with Crippen molar-refractivity contribution < 1.29 is 19.1 Å². The van der Waals surface area contributed by atoms with Gasteiger partial charge < -0.3 is 10.1 Å². The summed E-state index contributed by atoms with van der Waals surface area (Å²) in [6.07, 6.45) is 2.00. The zero-order chi connectivity index (χ0) is 16.1. The maximum atomic E-state index is 11.9. The van der Waals surface area contributed by atoms with Gasteiger partial charge in [-0.05, 0) is 37.5 Å². The molecule has 1 aliphatic rings. The van der Waals surface area contributed by atoms with Crippen LogP contribution in [0.1, 0.15) is 36.0 Å². The minimum absolute atomic E-state index is 0.0598. The molecule has 5 nitrogen and oxygen atoms in total. The van der Waals surface area contributed by atoms with Crippen molar-refractivity contribution in [2.24, 2.45) is 0 Å². The third kappa shape index (κ3) is 4.45. The summed E-state index contributed by atoms with van der Waals surface area (Å²) in [5.74, 6) is -1.16. The van der Waals surface area contributed by atoms with Crippen LogP contribution in [0.5, 0.6) is 0 Å². The van der Waals surface area contributed by atoms with Gasteiger partial charge in [0.25, 0.3) is 5.91 Å². The van der Waals surface area contributed by atoms with Gasteiger partial charge in [0.2, 0.25) is 0 Å². The van der Waals surface area contributed by atoms with E-state index < -0.39 is 18.0 Å². The van der Waals surface area contributed by atoms with Gasteiger partial charge in [0.05, 0.1) is 10.0 Å². The molecular weight excluding hydrogens is 329 g/mol. The minimum Gasteiger partial charge on any atom is -0.453 e. The highest BCUT2D eigenvalue weighted by Crippen LogP contribution is 2.22. The predicted octanol–water partition coefficient (Wildman–Crippen LogP) is 2.78. The fourth-order valence-corrected chi connectivity index (χ4v) is 2.47. The van der Waals surface area contributed by atoms with Crippen LogP contribution in [0.25, 0.3) is 0 Å². The van der Waals surface area contributed by atoms with Crippen LogP contribution in [0.4, 0.5) is 0 Å². The summed E-state index contributed by atoms with van der Waals surface area (Å²) in [6, 6.07) is 4.41. The van der Waals surface area contributed by atoms with Crippen molar-refractivity contribution in [3.8, 4) is 0 Å². The zero-order valence-corrected chi connectivity index (χ0v) is 13.2. The number of esters is 1. The van der Waals surface area contributed by atoms with Crippen molar-refractivity contribution in [2.45, 2.75) is 31.8 Å². The molecule has 2 rings (SSSR count). The van der Waals surface area contributed by atoms with Crippen molar-refractivity contribution >= 4 is 40.9 Å². The van der Waals surface area contributed by atoms with E-state index in [4.69, 9.17) is 27.9 Å². The highest BCUT2D eigenvalue weighted by Gasteiger charge is 2.25. The molecule has 118 valence electrons. The maximum absolute atomic E-state index is 11.9. The van der Waals surface area contributed by atoms with E-state index in [0.717, 1.165) is 12.8 Å². The monoisotopic (exact) mass is 343 g/mol. The highest BCUT2D eigenvalue weighted by molar-refractivity contribution is 6.42. The Labute approximate surface area is 137 Å². The quantitative estimate of drug-likeness (QED) is 0.853. The molecule has 7 heteroatoms. The van der Waals surface area contributed by atoms with E-state index in [1.165, 1.54) is 18.2 Å². The number of halogens is 2. The van der Waals surface area contributed by atoms with E-state index in [2.05, 4.69) is 5.32 Å². The number of nitrogens with one attached hydrogen (secondary N) is 1. The lowest BCUT2D eigenvalue weighted by Gasteiger charge is -2.20. The summed E-state index contributed by atoms with van der Waals surface area (Å²) in [5, 5.41) is 3.02.